The molecule has 0 amide bonds. The molecule has 0 atom stereocenters. The second kappa shape index (κ2) is 7.25. The molecule has 1 aliphatic heterocycles. The summed E-state index contributed by atoms with van der Waals surface area (Å²) in [7, 11) is 2.16. The van der Waals surface area contributed by atoms with Crippen LogP contribution < -0.4 is 5.73 Å². The van der Waals surface area contributed by atoms with E-state index in [1.54, 1.807) is 0 Å². The van der Waals surface area contributed by atoms with Gasteiger partial charge in [-0.3, -0.25) is 0 Å². The van der Waals surface area contributed by atoms with E-state index in [1.807, 2.05) is 6.07 Å². The molecule has 0 bridgehead atoms. The van der Waals surface area contributed by atoms with Crippen LogP contribution in [0.1, 0.15) is 24.0 Å². The summed E-state index contributed by atoms with van der Waals surface area (Å²) >= 11 is 6.29. The fraction of sp³-hybridized carbons (Fsp3) is 0.600. The highest BCUT2D eigenvalue weighted by molar-refractivity contribution is 6.31. The minimum absolute atomic E-state index is 0.540. The van der Waals surface area contributed by atoms with Crippen molar-refractivity contribution in [1.82, 2.24) is 4.90 Å². The standard InChI is InChI=1S/C15H23ClN2O/c1-18(10-12-4-6-19-7-5-12)11-14-3-2-13(9-17)8-15(14)16/h2-3,8,12H,4-7,9-11,17H2,1H3. The van der Waals surface area contributed by atoms with Crippen molar-refractivity contribution in [2.45, 2.75) is 25.9 Å². The molecule has 0 spiro atoms. The highest BCUT2D eigenvalue weighted by Gasteiger charge is 2.16. The second-order valence-corrected chi connectivity index (χ2v) is 5.79. The molecule has 1 saturated heterocycles. The smallest absolute Gasteiger partial charge is 0.0469 e. The summed E-state index contributed by atoms with van der Waals surface area (Å²) in [5.74, 6) is 0.751. The zero-order valence-corrected chi connectivity index (χ0v) is 12.3. The number of ether oxygens (including phenoxy) is 1. The number of hydrogen-bond acceptors (Lipinski definition) is 3. The fourth-order valence-corrected chi connectivity index (χ4v) is 2.83. The molecular formula is C15H23ClN2O. The Hall–Kier alpha value is -0.610. The van der Waals surface area contributed by atoms with Crippen molar-refractivity contribution in [3.8, 4) is 0 Å². The second-order valence-electron chi connectivity index (χ2n) is 5.38. The van der Waals surface area contributed by atoms with Gasteiger partial charge < -0.3 is 15.4 Å². The molecule has 0 saturated carbocycles. The molecule has 0 radical (unpaired) electrons. The Kier molecular flexibility index (Phi) is 5.64. The molecule has 0 aliphatic carbocycles. The topological polar surface area (TPSA) is 38.5 Å². The first kappa shape index (κ1) is 14.8. The van der Waals surface area contributed by atoms with Crippen LogP contribution in [-0.2, 0) is 17.8 Å². The molecule has 0 aromatic heterocycles. The maximum atomic E-state index is 6.29. The first-order valence-electron chi connectivity index (χ1n) is 6.92. The lowest BCUT2D eigenvalue weighted by Crippen LogP contribution is -2.29. The van der Waals surface area contributed by atoms with Gasteiger partial charge in [0.25, 0.3) is 0 Å². The van der Waals surface area contributed by atoms with Gasteiger partial charge in [-0.1, -0.05) is 23.7 Å². The van der Waals surface area contributed by atoms with Gasteiger partial charge >= 0.3 is 0 Å². The molecule has 19 heavy (non-hydrogen) atoms. The van der Waals surface area contributed by atoms with E-state index in [-0.39, 0.29) is 0 Å². The van der Waals surface area contributed by atoms with Crippen LogP contribution in [-0.4, -0.2) is 31.7 Å². The Morgan fingerprint density at radius 3 is 2.74 bits per heavy atom. The predicted molar refractivity (Wildman–Crippen MR) is 79.2 cm³/mol. The molecule has 1 aromatic rings. The van der Waals surface area contributed by atoms with Crippen molar-refractivity contribution in [2.75, 3.05) is 26.8 Å². The average molecular weight is 283 g/mol. The van der Waals surface area contributed by atoms with Gasteiger partial charge in [0.05, 0.1) is 0 Å². The Labute approximate surface area is 120 Å². The number of nitrogens with zero attached hydrogens (tertiary/aromatic N) is 1. The van der Waals surface area contributed by atoms with E-state index in [0.717, 1.165) is 42.8 Å². The number of hydrogen-bond donors (Lipinski definition) is 1. The molecule has 2 rings (SSSR count). The normalized spacial score (nSPS) is 17.1. The minimum atomic E-state index is 0.540. The van der Waals surface area contributed by atoms with Crippen LogP contribution in [0.25, 0.3) is 0 Å². The van der Waals surface area contributed by atoms with Crippen LogP contribution in [0.3, 0.4) is 0 Å². The van der Waals surface area contributed by atoms with E-state index in [9.17, 15) is 0 Å². The summed E-state index contributed by atoms with van der Waals surface area (Å²) < 4.78 is 5.39. The van der Waals surface area contributed by atoms with Crippen LogP contribution in [0.4, 0.5) is 0 Å². The van der Waals surface area contributed by atoms with E-state index in [1.165, 1.54) is 18.4 Å². The summed E-state index contributed by atoms with van der Waals surface area (Å²) in [6, 6.07) is 6.12. The van der Waals surface area contributed by atoms with Crippen LogP contribution in [0.5, 0.6) is 0 Å². The monoisotopic (exact) mass is 282 g/mol. The van der Waals surface area contributed by atoms with Crippen molar-refractivity contribution in [3.05, 3.63) is 34.3 Å². The summed E-state index contributed by atoms with van der Waals surface area (Å²) in [4.78, 5) is 2.35. The summed E-state index contributed by atoms with van der Waals surface area (Å²) in [5.41, 5.74) is 7.87. The molecule has 3 nitrogen and oxygen atoms in total. The van der Waals surface area contributed by atoms with Gasteiger partial charge in [0.1, 0.15) is 0 Å². The van der Waals surface area contributed by atoms with Crippen molar-refractivity contribution in [1.29, 1.82) is 0 Å². The van der Waals surface area contributed by atoms with Crippen molar-refractivity contribution in [2.24, 2.45) is 11.7 Å². The van der Waals surface area contributed by atoms with E-state index in [0.29, 0.717) is 6.54 Å². The average Bonchev–Trinajstić information content (AvgIpc) is 2.42. The molecule has 106 valence electrons. The molecule has 1 aliphatic rings. The molecule has 1 fully saturated rings. The van der Waals surface area contributed by atoms with Gasteiger partial charge in [-0.15, -0.1) is 0 Å². The number of benzene rings is 1. The molecule has 1 aromatic carbocycles. The predicted octanol–water partition coefficient (Wildman–Crippen LogP) is 2.66. The van der Waals surface area contributed by atoms with E-state index in [4.69, 9.17) is 22.1 Å². The maximum Gasteiger partial charge on any atom is 0.0469 e. The van der Waals surface area contributed by atoms with Crippen molar-refractivity contribution in [3.63, 3.8) is 0 Å². The number of nitrogens with two attached hydrogens (primary N) is 1. The Bertz CT molecular complexity index is 405. The minimum Gasteiger partial charge on any atom is -0.381 e. The van der Waals surface area contributed by atoms with Crippen LogP contribution in [0, 0.1) is 5.92 Å². The van der Waals surface area contributed by atoms with Gasteiger partial charge in [0.15, 0.2) is 0 Å². The summed E-state index contributed by atoms with van der Waals surface area (Å²) in [6.07, 6.45) is 2.34. The summed E-state index contributed by atoms with van der Waals surface area (Å²) in [5, 5.41) is 0.821. The van der Waals surface area contributed by atoms with Gasteiger partial charge in [-0.05, 0) is 43.0 Å². The fourth-order valence-electron chi connectivity index (χ4n) is 2.57. The Morgan fingerprint density at radius 1 is 1.37 bits per heavy atom. The van der Waals surface area contributed by atoms with Gasteiger partial charge in [-0.2, -0.15) is 0 Å². The molecule has 0 unspecified atom stereocenters. The zero-order chi connectivity index (χ0) is 13.7. The molecule has 4 heteroatoms. The highest BCUT2D eigenvalue weighted by atomic mass is 35.5. The first-order chi connectivity index (χ1) is 9.19. The van der Waals surface area contributed by atoms with E-state index in [2.05, 4.69) is 24.1 Å². The number of rotatable bonds is 5. The third-order valence-corrected chi connectivity index (χ3v) is 4.06. The Balaban J connectivity index is 1.88. The van der Waals surface area contributed by atoms with E-state index < -0.39 is 0 Å². The van der Waals surface area contributed by atoms with Crippen molar-refractivity contribution >= 4 is 11.6 Å². The molecule has 1 heterocycles. The highest BCUT2D eigenvalue weighted by Crippen LogP contribution is 2.21. The molecular weight excluding hydrogens is 260 g/mol. The lowest BCUT2D eigenvalue weighted by Gasteiger charge is -2.27. The quantitative estimate of drug-likeness (QED) is 0.902. The van der Waals surface area contributed by atoms with Crippen LogP contribution >= 0.6 is 11.6 Å². The maximum absolute atomic E-state index is 6.29. The third kappa shape index (κ3) is 4.46. The number of halogens is 1. The third-order valence-electron chi connectivity index (χ3n) is 3.70. The zero-order valence-electron chi connectivity index (χ0n) is 11.6. The van der Waals surface area contributed by atoms with Gasteiger partial charge in [0, 0.05) is 37.9 Å². The Morgan fingerprint density at radius 2 is 2.11 bits per heavy atom. The SMILES string of the molecule is CN(Cc1ccc(CN)cc1Cl)CC1CCOCC1. The lowest BCUT2D eigenvalue weighted by atomic mass is 9.99. The first-order valence-corrected chi connectivity index (χ1v) is 7.30. The van der Waals surface area contributed by atoms with Gasteiger partial charge in [-0.25, -0.2) is 0 Å². The molecule has 2 N–H and O–H groups in total. The van der Waals surface area contributed by atoms with Crippen LogP contribution in [0.15, 0.2) is 18.2 Å². The van der Waals surface area contributed by atoms with Gasteiger partial charge in [0.2, 0.25) is 0 Å². The largest absolute Gasteiger partial charge is 0.381 e. The van der Waals surface area contributed by atoms with Crippen LogP contribution in [0.2, 0.25) is 5.02 Å². The van der Waals surface area contributed by atoms with Crippen molar-refractivity contribution < 1.29 is 4.74 Å². The lowest BCUT2D eigenvalue weighted by molar-refractivity contribution is 0.0549. The van der Waals surface area contributed by atoms with E-state index >= 15 is 0 Å². The summed E-state index contributed by atoms with van der Waals surface area (Å²) in [6.45, 7) is 4.35.